The lowest BCUT2D eigenvalue weighted by atomic mass is 9.92. The lowest BCUT2D eigenvalue weighted by Crippen LogP contribution is -2.49. The first-order chi connectivity index (χ1) is 12.8. The maximum atomic E-state index is 12.9. The van der Waals surface area contributed by atoms with Gasteiger partial charge in [0, 0.05) is 11.1 Å². The molecule has 0 fully saturated rings. The zero-order valence-electron chi connectivity index (χ0n) is 15.4. The van der Waals surface area contributed by atoms with Crippen molar-refractivity contribution in [1.29, 1.82) is 0 Å². The Hall–Kier alpha value is -3.34. The summed E-state index contributed by atoms with van der Waals surface area (Å²) in [5.41, 5.74) is 0.661. The van der Waals surface area contributed by atoms with Crippen LogP contribution in [-0.4, -0.2) is 29.6 Å². The Morgan fingerprint density at radius 1 is 0.963 bits per heavy atom. The van der Waals surface area contributed by atoms with E-state index in [2.05, 4.69) is 5.32 Å². The molecule has 3 aromatic carbocycles. The minimum Gasteiger partial charge on any atom is -0.497 e. The summed E-state index contributed by atoms with van der Waals surface area (Å²) in [6.07, 6.45) is 0. The third-order valence-electron chi connectivity index (χ3n) is 4.51. The van der Waals surface area contributed by atoms with Gasteiger partial charge in [0.25, 0.3) is 5.91 Å². The van der Waals surface area contributed by atoms with Crippen LogP contribution < -0.4 is 10.1 Å². The number of ether oxygens (including phenoxy) is 1. The van der Waals surface area contributed by atoms with Crippen LogP contribution in [0.4, 0.5) is 0 Å². The minimum atomic E-state index is -1.38. The first kappa shape index (κ1) is 18.5. The Morgan fingerprint density at radius 2 is 1.63 bits per heavy atom. The Morgan fingerprint density at radius 3 is 2.26 bits per heavy atom. The molecule has 0 atom stereocenters. The average Bonchev–Trinajstić information content (AvgIpc) is 2.66. The molecule has 0 spiro atoms. The van der Waals surface area contributed by atoms with Gasteiger partial charge < -0.3 is 15.2 Å². The maximum Gasteiger partial charge on any atom is 0.328 e. The van der Waals surface area contributed by atoms with E-state index < -0.39 is 17.4 Å². The zero-order valence-corrected chi connectivity index (χ0v) is 15.4. The molecule has 0 saturated carbocycles. The normalized spacial score (nSPS) is 11.2. The van der Waals surface area contributed by atoms with Crippen LogP contribution in [0.15, 0.2) is 60.7 Å². The molecular formula is C22H21NO4. The van der Waals surface area contributed by atoms with Crippen molar-refractivity contribution in [1.82, 2.24) is 5.32 Å². The van der Waals surface area contributed by atoms with Crippen molar-refractivity contribution >= 4 is 22.6 Å². The van der Waals surface area contributed by atoms with E-state index in [0.717, 1.165) is 27.6 Å². The van der Waals surface area contributed by atoms with Crippen LogP contribution in [0.2, 0.25) is 0 Å². The molecule has 5 heteroatoms. The second-order valence-electron chi connectivity index (χ2n) is 6.82. The monoisotopic (exact) mass is 363 g/mol. The number of nitrogens with one attached hydrogen (secondary N) is 1. The van der Waals surface area contributed by atoms with Crippen LogP contribution in [0.5, 0.6) is 5.75 Å². The van der Waals surface area contributed by atoms with Gasteiger partial charge in [0.1, 0.15) is 11.3 Å². The van der Waals surface area contributed by atoms with E-state index in [-0.39, 0.29) is 0 Å². The summed E-state index contributed by atoms with van der Waals surface area (Å²) in [6.45, 7) is 2.92. The molecule has 5 nitrogen and oxygen atoms in total. The number of methoxy groups -OCH3 is 1. The van der Waals surface area contributed by atoms with Crippen LogP contribution >= 0.6 is 0 Å². The molecule has 0 aromatic heterocycles. The molecule has 0 aliphatic heterocycles. The Bertz CT molecular complexity index is 1010. The van der Waals surface area contributed by atoms with Gasteiger partial charge in [-0.25, -0.2) is 4.79 Å². The molecule has 1 amide bonds. The standard InChI is InChI=1S/C22H21NO4/c1-22(2,21(25)26)23-20(24)18-13-10-14-6-4-5-7-17(14)19(18)15-8-11-16(27-3)12-9-15/h4-13H,1-3H3,(H,23,24)(H,25,26). The fourth-order valence-electron chi connectivity index (χ4n) is 2.93. The first-order valence-corrected chi connectivity index (χ1v) is 8.55. The van der Waals surface area contributed by atoms with Crippen LogP contribution in [0.3, 0.4) is 0 Å². The molecule has 0 aliphatic carbocycles. The van der Waals surface area contributed by atoms with Gasteiger partial charge in [-0.3, -0.25) is 4.79 Å². The fraction of sp³-hybridized carbons (Fsp3) is 0.182. The third-order valence-corrected chi connectivity index (χ3v) is 4.51. The van der Waals surface area contributed by atoms with Crippen LogP contribution in [0.1, 0.15) is 24.2 Å². The van der Waals surface area contributed by atoms with Crippen molar-refractivity contribution in [2.45, 2.75) is 19.4 Å². The van der Waals surface area contributed by atoms with E-state index in [0.29, 0.717) is 5.56 Å². The highest BCUT2D eigenvalue weighted by Gasteiger charge is 2.30. The van der Waals surface area contributed by atoms with Gasteiger partial charge in [-0.2, -0.15) is 0 Å². The van der Waals surface area contributed by atoms with E-state index in [9.17, 15) is 14.7 Å². The van der Waals surface area contributed by atoms with Crippen molar-refractivity contribution in [2.24, 2.45) is 0 Å². The Balaban J connectivity index is 2.17. The molecule has 0 unspecified atom stereocenters. The lowest BCUT2D eigenvalue weighted by Gasteiger charge is -2.22. The Labute approximate surface area is 157 Å². The van der Waals surface area contributed by atoms with Gasteiger partial charge in [-0.1, -0.05) is 42.5 Å². The second-order valence-corrected chi connectivity index (χ2v) is 6.82. The summed E-state index contributed by atoms with van der Waals surface area (Å²) in [5, 5.41) is 13.8. The van der Waals surface area contributed by atoms with Crippen LogP contribution in [0.25, 0.3) is 21.9 Å². The lowest BCUT2D eigenvalue weighted by molar-refractivity contribution is -0.143. The molecule has 0 heterocycles. The number of rotatable bonds is 5. The van der Waals surface area contributed by atoms with Crippen LogP contribution in [-0.2, 0) is 4.79 Å². The predicted molar refractivity (Wildman–Crippen MR) is 105 cm³/mol. The molecule has 27 heavy (non-hydrogen) atoms. The third kappa shape index (κ3) is 3.62. The Kier molecular flexibility index (Phi) is 4.86. The van der Waals surface area contributed by atoms with Crippen LogP contribution in [0, 0.1) is 0 Å². The highest BCUT2D eigenvalue weighted by atomic mass is 16.5. The number of fused-ring (bicyclic) bond motifs is 1. The summed E-state index contributed by atoms with van der Waals surface area (Å²) in [6, 6.07) is 18.8. The van der Waals surface area contributed by atoms with E-state index in [1.54, 1.807) is 13.2 Å². The van der Waals surface area contributed by atoms with Gasteiger partial charge in [0.15, 0.2) is 0 Å². The number of hydrogen-bond acceptors (Lipinski definition) is 3. The van der Waals surface area contributed by atoms with Crippen molar-refractivity contribution in [3.05, 3.63) is 66.2 Å². The number of carboxylic acids is 1. The van der Waals surface area contributed by atoms with E-state index in [1.807, 2.05) is 54.6 Å². The first-order valence-electron chi connectivity index (χ1n) is 8.55. The average molecular weight is 363 g/mol. The van der Waals surface area contributed by atoms with Gasteiger partial charge in [-0.15, -0.1) is 0 Å². The summed E-state index contributed by atoms with van der Waals surface area (Å²) < 4.78 is 5.22. The smallest absolute Gasteiger partial charge is 0.328 e. The zero-order chi connectivity index (χ0) is 19.6. The highest BCUT2D eigenvalue weighted by molar-refractivity contribution is 6.10. The summed E-state index contributed by atoms with van der Waals surface area (Å²) in [7, 11) is 1.60. The van der Waals surface area contributed by atoms with Gasteiger partial charge in [0.2, 0.25) is 0 Å². The van der Waals surface area contributed by atoms with Crippen molar-refractivity contribution in [2.75, 3.05) is 7.11 Å². The molecule has 2 N–H and O–H groups in total. The molecule has 0 aliphatic rings. The molecular weight excluding hydrogens is 342 g/mol. The fourth-order valence-corrected chi connectivity index (χ4v) is 2.93. The number of carbonyl (C=O) groups excluding carboxylic acids is 1. The molecule has 3 aromatic rings. The van der Waals surface area contributed by atoms with Gasteiger partial charge in [0.05, 0.1) is 7.11 Å². The number of amides is 1. The summed E-state index contributed by atoms with van der Waals surface area (Å²) >= 11 is 0. The largest absolute Gasteiger partial charge is 0.497 e. The quantitative estimate of drug-likeness (QED) is 0.715. The van der Waals surface area contributed by atoms with Gasteiger partial charge in [-0.05, 0) is 48.4 Å². The van der Waals surface area contributed by atoms with E-state index >= 15 is 0 Å². The molecule has 0 radical (unpaired) electrons. The SMILES string of the molecule is COc1ccc(-c2c(C(=O)NC(C)(C)C(=O)O)ccc3ccccc23)cc1. The van der Waals surface area contributed by atoms with E-state index in [1.165, 1.54) is 13.8 Å². The number of aliphatic carboxylic acids is 1. The van der Waals surface area contributed by atoms with E-state index in [4.69, 9.17) is 4.74 Å². The number of hydrogen-bond donors (Lipinski definition) is 2. The molecule has 138 valence electrons. The molecule has 0 saturated heterocycles. The number of benzene rings is 3. The summed E-state index contributed by atoms with van der Waals surface area (Å²) in [5.74, 6) is -0.807. The second kappa shape index (κ2) is 7.11. The molecule has 0 bridgehead atoms. The van der Waals surface area contributed by atoms with Gasteiger partial charge >= 0.3 is 5.97 Å². The number of carbonyl (C=O) groups is 2. The topological polar surface area (TPSA) is 75.6 Å². The number of carboxylic acid groups (broad SMARTS) is 1. The maximum absolute atomic E-state index is 12.9. The van der Waals surface area contributed by atoms with Crippen molar-refractivity contribution < 1.29 is 19.4 Å². The van der Waals surface area contributed by atoms with Crippen molar-refractivity contribution in [3.8, 4) is 16.9 Å². The van der Waals surface area contributed by atoms with Crippen molar-refractivity contribution in [3.63, 3.8) is 0 Å². The highest BCUT2D eigenvalue weighted by Crippen LogP contribution is 2.33. The minimum absolute atomic E-state index is 0.424. The predicted octanol–water partition coefficient (Wildman–Crippen LogP) is 4.11. The molecule has 3 rings (SSSR count). The summed E-state index contributed by atoms with van der Waals surface area (Å²) in [4.78, 5) is 24.3.